The Kier molecular flexibility index (Phi) is 6.02. The first kappa shape index (κ1) is 20.6. The van der Waals surface area contributed by atoms with Crippen molar-refractivity contribution in [3.63, 3.8) is 0 Å². The van der Waals surface area contributed by atoms with Gasteiger partial charge in [-0.1, -0.05) is 13.0 Å². The van der Waals surface area contributed by atoms with Gasteiger partial charge in [-0.05, 0) is 36.3 Å². The number of nitrogens with zero attached hydrogens (tertiary/aromatic N) is 4. The molecule has 1 atom stereocenters. The van der Waals surface area contributed by atoms with Gasteiger partial charge < -0.3 is 14.8 Å². The summed E-state index contributed by atoms with van der Waals surface area (Å²) in [6, 6.07) is 3.93. The van der Waals surface area contributed by atoms with Crippen molar-refractivity contribution in [2.24, 2.45) is 5.92 Å². The smallest absolute Gasteiger partial charge is 0.212 e. The molecule has 1 fully saturated rings. The highest BCUT2D eigenvalue weighted by molar-refractivity contribution is 7.19. The van der Waals surface area contributed by atoms with E-state index in [2.05, 4.69) is 22.1 Å². The predicted octanol–water partition coefficient (Wildman–Crippen LogP) is 3.66. The van der Waals surface area contributed by atoms with Crippen LogP contribution in [0, 0.1) is 5.92 Å². The maximum absolute atomic E-state index is 5.49. The average Bonchev–Trinajstić information content (AvgIpc) is 3.16. The van der Waals surface area contributed by atoms with Crippen molar-refractivity contribution < 1.29 is 9.47 Å². The van der Waals surface area contributed by atoms with Gasteiger partial charge >= 0.3 is 0 Å². The molecule has 2 aliphatic rings. The molecule has 1 saturated heterocycles. The first-order valence-electron chi connectivity index (χ1n) is 11.0. The Labute approximate surface area is 186 Å². The second kappa shape index (κ2) is 9.06. The van der Waals surface area contributed by atoms with Gasteiger partial charge in [0.25, 0.3) is 0 Å². The molecule has 1 aliphatic carbocycles. The van der Waals surface area contributed by atoms with Crippen LogP contribution in [0.15, 0.2) is 18.3 Å². The molecule has 31 heavy (non-hydrogen) atoms. The number of hydrogen-bond donors (Lipinski definition) is 1. The van der Waals surface area contributed by atoms with Crippen molar-refractivity contribution in [3.05, 3.63) is 40.2 Å². The number of methoxy groups -OCH3 is 1. The molecule has 0 bridgehead atoms. The molecule has 0 amide bonds. The number of anilines is 1. The quantitative estimate of drug-likeness (QED) is 0.628. The van der Waals surface area contributed by atoms with E-state index in [1.165, 1.54) is 22.2 Å². The van der Waals surface area contributed by atoms with Crippen LogP contribution in [0.25, 0.3) is 10.2 Å². The van der Waals surface area contributed by atoms with Gasteiger partial charge in [0.15, 0.2) is 0 Å². The summed E-state index contributed by atoms with van der Waals surface area (Å²) in [6.07, 6.45) is 5.35. The molecular formula is C23H29N5O2S. The number of nitrogens with one attached hydrogen (secondary N) is 1. The Morgan fingerprint density at radius 3 is 2.90 bits per heavy atom. The van der Waals surface area contributed by atoms with E-state index in [-0.39, 0.29) is 0 Å². The van der Waals surface area contributed by atoms with Crippen molar-refractivity contribution in [1.82, 2.24) is 19.9 Å². The maximum atomic E-state index is 5.49. The minimum absolute atomic E-state index is 0.627. The lowest BCUT2D eigenvalue weighted by atomic mass is 9.89. The van der Waals surface area contributed by atoms with Crippen LogP contribution in [0.1, 0.15) is 35.2 Å². The van der Waals surface area contributed by atoms with Crippen molar-refractivity contribution in [3.8, 4) is 5.88 Å². The summed E-state index contributed by atoms with van der Waals surface area (Å²) in [7, 11) is 1.63. The summed E-state index contributed by atoms with van der Waals surface area (Å²) in [5.41, 5.74) is 2.55. The standard InChI is InChI=1S/C23H29N5O2S/c1-15-3-5-17-18(11-15)31-23-21(17)22(25-13-16-4-6-20(29-2)24-12-16)26-19(27-23)14-28-7-9-30-10-8-28/h4,6,12,15H,3,5,7-11,13-14H2,1-2H3,(H,25,26,27)/t15-/m0/s1. The largest absolute Gasteiger partial charge is 0.481 e. The van der Waals surface area contributed by atoms with Crippen molar-refractivity contribution in [2.75, 3.05) is 38.7 Å². The summed E-state index contributed by atoms with van der Waals surface area (Å²) in [5, 5.41) is 4.82. The van der Waals surface area contributed by atoms with Gasteiger partial charge in [-0.25, -0.2) is 15.0 Å². The first-order valence-corrected chi connectivity index (χ1v) is 11.9. The SMILES string of the molecule is COc1ccc(CNc2nc(CN3CCOCC3)nc3sc4c(c23)CC[C@H](C)C4)cn1. The summed E-state index contributed by atoms with van der Waals surface area (Å²) in [4.78, 5) is 19.3. The van der Waals surface area contributed by atoms with Gasteiger partial charge in [-0.3, -0.25) is 4.90 Å². The van der Waals surface area contributed by atoms with Crippen LogP contribution < -0.4 is 10.1 Å². The molecule has 4 heterocycles. The molecule has 3 aromatic heterocycles. The van der Waals surface area contributed by atoms with E-state index < -0.39 is 0 Å². The highest BCUT2D eigenvalue weighted by atomic mass is 32.1. The maximum Gasteiger partial charge on any atom is 0.212 e. The van der Waals surface area contributed by atoms with Gasteiger partial charge in [-0.2, -0.15) is 0 Å². The van der Waals surface area contributed by atoms with Crippen LogP contribution in [0.4, 0.5) is 5.82 Å². The molecule has 8 heteroatoms. The van der Waals surface area contributed by atoms with Crippen LogP contribution in [0.2, 0.25) is 0 Å². The molecule has 1 N–H and O–H groups in total. The Balaban J connectivity index is 1.46. The van der Waals surface area contributed by atoms with E-state index >= 15 is 0 Å². The third-order valence-electron chi connectivity index (χ3n) is 6.14. The van der Waals surface area contributed by atoms with Crippen LogP contribution in [-0.2, 0) is 30.7 Å². The predicted molar refractivity (Wildman–Crippen MR) is 123 cm³/mol. The number of hydrogen-bond acceptors (Lipinski definition) is 8. The summed E-state index contributed by atoms with van der Waals surface area (Å²) in [6.45, 7) is 7.20. The van der Waals surface area contributed by atoms with Gasteiger partial charge in [0.2, 0.25) is 5.88 Å². The molecule has 3 aromatic rings. The Hall–Kier alpha value is -2.29. The van der Waals surface area contributed by atoms with Gasteiger partial charge in [-0.15, -0.1) is 11.3 Å². The molecule has 7 nitrogen and oxygen atoms in total. The van der Waals surface area contributed by atoms with E-state index in [4.69, 9.17) is 19.4 Å². The highest BCUT2D eigenvalue weighted by Crippen LogP contribution is 2.40. The number of thiophene rings is 1. The molecule has 164 valence electrons. The zero-order chi connectivity index (χ0) is 21.2. The topological polar surface area (TPSA) is 72.4 Å². The van der Waals surface area contributed by atoms with Crippen molar-refractivity contribution >= 4 is 27.4 Å². The molecular weight excluding hydrogens is 410 g/mol. The van der Waals surface area contributed by atoms with Crippen LogP contribution in [0.3, 0.4) is 0 Å². The number of rotatable bonds is 6. The highest BCUT2D eigenvalue weighted by Gasteiger charge is 2.24. The number of pyridine rings is 1. The molecule has 1 aliphatic heterocycles. The third-order valence-corrected chi connectivity index (χ3v) is 7.29. The monoisotopic (exact) mass is 439 g/mol. The van der Waals surface area contributed by atoms with Crippen molar-refractivity contribution in [1.29, 1.82) is 0 Å². The van der Waals surface area contributed by atoms with E-state index in [1.807, 2.05) is 29.7 Å². The summed E-state index contributed by atoms with van der Waals surface area (Å²) < 4.78 is 10.7. The molecule has 0 saturated carbocycles. The van der Waals surface area contributed by atoms with Gasteiger partial charge in [0, 0.05) is 36.8 Å². The number of morpholine rings is 1. The lowest BCUT2D eigenvalue weighted by molar-refractivity contribution is 0.0331. The zero-order valence-electron chi connectivity index (χ0n) is 18.2. The normalized spacial score (nSPS) is 19.4. The van der Waals surface area contributed by atoms with E-state index in [1.54, 1.807) is 7.11 Å². The van der Waals surface area contributed by atoms with E-state index in [9.17, 15) is 0 Å². The fourth-order valence-electron chi connectivity index (χ4n) is 4.37. The number of ether oxygens (including phenoxy) is 2. The molecule has 5 rings (SSSR count). The second-order valence-corrected chi connectivity index (χ2v) is 9.55. The Morgan fingerprint density at radius 2 is 2.13 bits per heavy atom. The van der Waals surface area contributed by atoms with Crippen LogP contribution >= 0.6 is 11.3 Å². The molecule has 0 spiro atoms. The Morgan fingerprint density at radius 1 is 1.26 bits per heavy atom. The minimum Gasteiger partial charge on any atom is -0.481 e. The number of aromatic nitrogens is 3. The minimum atomic E-state index is 0.627. The summed E-state index contributed by atoms with van der Waals surface area (Å²) in [5.74, 6) is 3.21. The average molecular weight is 440 g/mol. The first-order chi connectivity index (χ1) is 15.2. The second-order valence-electron chi connectivity index (χ2n) is 8.47. The van der Waals surface area contributed by atoms with Gasteiger partial charge in [0.1, 0.15) is 16.5 Å². The van der Waals surface area contributed by atoms with E-state index in [0.717, 1.165) is 73.6 Å². The van der Waals surface area contributed by atoms with Crippen LogP contribution in [0.5, 0.6) is 5.88 Å². The molecule has 0 radical (unpaired) electrons. The lowest BCUT2D eigenvalue weighted by Crippen LogP contribution is -2.36. The lowest BCUT2D eigenvalue weighted by Gasteiger charge is -2.26. The third kappa shape index (κ3) is 4.51. The summed E-state index contributed by atoms with van der Waals surface area (Å²) >= 11 is 1.86. The van der Waals surface area contributed by atoms with Crippen LogP contribution in [-0.4, -0.2) is 53.3 Å². The number of aryl methyl sites for hydroxylation is 1. The Bertz CT molecular complexity index is 1050. The van der Waals surface area contributed by atoms with Gasteiger partial charge in [0.05, 0.1) is 32.3 Å². The fourth-order valence-corrected chi connectivity index (χ4v) is 5.77. The van der Waals surface area contributed by atoms with Crippen molar-refractivity contribution in [2.45, 2.75) is 39.3 Å². The number of fused-ring (bicyclic) bond motifs is 3. The van der Waals surface area contributed by atoms with E-state index in [0.29, 0.717) is 12.4 Å². The molecule has 0 unspecified atom stereocenters. The zero-order valence-corrected chi connectivity index (χ0v) is 19.0. The fraction of sp³-hybridized carbons (Fsp3) is 0.522. The molecule has 0 aromatic carbocycles.